The Kier molecular flexibility index (Phi) is 5.22. The summed E-state index contributed by atoms with van der Waals surface area (Å²) >= 11 is 0. The number of methoxy groups -OCH3 is 2. The molecular weight excluding hydrogens is 330 g/mol. The molecule has 0 atom stereocenters. The van der Waals surface area contributed by atoms with Crippen molar-refractivity contribution in [3.63, 3.8) is 0 Å². The van der Waals surface area contributed by atoms with Crippen molar-refractivity contribution >= 4 is 11.7 Å². The highest BCUT2D eigenvalue weighted by atomic mass is 16.5. The zero-order valence-corrected chi connectivity index (χ0v) is 15.0. The Labute approximate surface area is 152 Å². The van der Waals surface area contributed by atoms with Crippen LogP contribution in [-0.2, 0) is 6.42 Å². The van der Waals surface area contributed by atoms with Gasteiger partial charge < -0.3 is 14.8 Å². The summed E-state index contributed by atoms with van der Waals surface area (Å²) in [7, 11) is 3.09. The third kappa shape index (κ3) is 3.54. The predicted octanol–water partition coefficient (Wildman–Crippen LogP) is 3.70. The summed E-state index contributed by atoms with van der Waals surface area (Å²) in [5, 5.41) is 7.37. The number of nitrogens with one attached hydrogen (secondary N) is 1. The van der Waals surface area contributed by atoms with Gasteiger partial charge in [0.15, 0.2) is 17.3 Å². The van der Waals surface area contributed by atoms with Gasteiger partial charge >= 0.3 is 0 Å². The Bertz CT molecular complexity index is 904. The van der Waals surface area contributed by atoms with Gasteiger partial charge in [0, 0.05) is 17.3 Å². The van der Waals surface area contributed by atoms with Gasteiger partial charge in [-0.3, -0.25) is 4.79 Å². The summed E-state index contributed by atoms with van der Waals surface area (Å²) < 4.78 is 12.3. The van der Waals surface area contributed by atoms with Gasteiger partial charge in [0.2, 0.25) is 0 Å². The number of rotatable bonds is 6. The van der Waals surface area contributed by atoms with Crippen molar-refractivity contribution < 1.29 is 14.3 Å². The van der Waals surface area contributed by atoms with Gasteiger partial charge in [-0.05, 0) is 36.8 Å². The minimum atomic E-state index is -0.258. The number of anilines is 1. The monoisotopic (exact) mass is 351 g/mol. The minimum absolute atomic E-state index is 0.258. The Balaban J connectivity index is 1.85. The number of amides is 1. The molecule has 0 aliphatic carbocycles. The first-order chi connectivity index (χ1) is 12.7. The average Bonchev–Trinajstić information content (AvgIpc) is 3.10. The molecule has 0 aliphatic rings. The number of para-hydroxylation sites is 1. The van der Waals surface area contributed by atoms with E-state index in [1.807, 2.05) is 41.1 Å². The molecule has 2 aromatic carbocycles. The van der Waals surface area contributed by atoms with Gasteiger partial charge in [-0.1, -0.05) is 25.1 Å². The fourth-order valence-corrected chi connectivity index (χ4v) is 2.69. The molecule has 0 saturated heterocycles. The molecule has 0 aliphatic heterocycles. The molecule has 1 heterocycles. The van der Waals surface area contributed by atoms with E-state index >= 15 is 0 Å². The molecule has 0 fully saturated rings. The van der Waals surface area contributed by atoms with Crippen LogP contribution in [0.5, 0.6) is 11.5 Å². The van der Waals surface area contributed by atoms with Gasteiger partial charge in [-0.25, -0.2) is 4.68 Å². The van der Waals surface area contributed by atoms with Gasteiger partial charge in [0.1, 0.15) is 0 Å². The average molecular weight is 351 g/mol. The zero-order chi connectivity index (χ0) is 18.5. The molecule has 3 aromatic rings. The summed E-state index contributed by atoms with van der Waals surface area (Å²) in [4.78, 5) is 12.6. The summed E-state index contributed by atoms with van der Waals surface area (Å²) in [5.74, 6) is 1.33. The summed E-state index contributed by atoms with van der Waals surface area (Å²) in [6.45, 7) is 2.05. The maximum Gasteiger partial charge on any atom is 0.257 e. The normalized spacial score (nSPS) is 10.4. The van der Waals surface area contributed by atoms with Crippen LogP contribution in [0.15, 0.2) is 54.6 Å². The molecular formula is C20H21N3O3. The lowest BCUT2D eigenvalue weighted by Crippen LogP contribution is -2.13. The number of aryl methyl sites for hydroxylation is 1. The molecule has 1 aromatic heterocycles. The van der Waals surface area contributed by atoms with Crippen LogP contribution in [0.1, 0.15) is 23.0 Å². The van der Waals surface area contributed by atoms with Crippen LogP contribution >= 0.6 is 0 Å². The van der Waals surface area contributed by atoms with Crippen LogP contribution in [0.2, 0.25) is 0 Å². The summed E-state index contributed by atoms with van der Waals surface area (Å²) in [6, 6.07) is 16.7. The first-order valence-corrected chi connectivity index (χ1v) is 8.34. The fraction of sp³-hybridized carbons (Fsp3) is 0.200. The number of carbonyl (C=O) groups is 1. The quantitative estimate of drug-likeness (QED) is 0.735. The lowest BCUT2D eigenvalue weighted by atomic mass is 10.2. The van der Waals surface area contributed by atoms with Crippen molar-refractivity contribution in [3.05, 3.63) is 65.9 Å². The number of carbonyl (C=O) groups excluding carboxylic acids is 1. The van der Waals surface area contributed by atoms with E-state index in [9.17, 15) is 4.79 Å². The highest BCUT2D eigenvalue weighted by Crippen LogP contribution is 2.28. The van der Waals surface area contributed by atoms with Crippen molar-refractivity contribution in [2.24, 2.45) is 0 Å². The number of aromatic nitrogens is 2. The highest BCUT2D eigenvalue weighted by Gasteiger charge is 2.14. The first kappa shape index (κ1) is 17.5. The second-order valence-corrected chi connectivity index (χ2v) is 5.65. The topological polar surface area (TPSA) is 65.4 Å². The van der Waals surface area contributed by atoms with Crippen LogP contribution in [0, 0.1) is 0 Å². The lowest BCUT2D eigenvalue weighted by Gasteiger charge is -2.09. The second-order valence-electron chi connectivity index (χ2n) is 5.65. The third-order valence-corrected chi connectivity index (χ3v) is 4.03. The largest absolute Gasteiger partial charge is 0.493 e. The van der Waals surface area contributed by atoms with E-state index in [2.05, 4.69) is 17.3 Å². The van der Waals surface area contributed by atoms with E-state index in [1.165, 1.54) is 7.11 Å². The van der Waals surface area contributed by atoms with Crippen LogP contribution < -0.4 is 14.8 Å². The number of benzene rings is 2. The standard InChI is InChI=1S/C20H21N3O3/c1-4-15-13-19(22-23(15)16-8-6-5-7-9-16)21-20(24)14-10-11-17(25-2)18(12-14)26-3/h5-13H,4H2,1-3H3,(H,21,22,24). The van der Waals surface area contributed by atoms with Gasteiger partial charge in [0.05, 0.1) is 19.9 Å². The van der Waals surface area contributed by atoms with E-state index in [0.29, 0.717) is 22.9 Å². The smallest absolute Gasteiger partial charge is 0.257 e. The van der Waals surface area contributed by atoms with E-state index in [0.717, 1.165) is 17.8 Å². The number of ether oxygens (including phenoxy) is 2. The van der Waals surface area contributed by atoms with Crippen molar-refractivity contribution in [2.45, 2.75) is 13.3 Å². The van der Waals surface area contributed by atoms with Crippen LogP contribution in [0.25, 0.3) is 5.69 Å². The SMILES string of the molecule is CCc1cc(NC(=O)c2ccc(OC)c(OC)c2)nn1-c1ccccc1. The predicted molar refractivity (Wildman–Crippen MR) is 100 cm³/mol. The Hall–Kier alpha value is -3.28. The first-order valence-electron chi connectivity index (χ1n) is 8.34. The van der Waals surface area contributed by atoms with Crippen LogP contribution in [0.3, 0.4) is 0 Å². The molecule has 0 spiro atoms. The number of hydrogen-bond acceptors (Lipinski definition) is 4. The maximum absolute atomic E-state index is 12.6. The maximum atomic E-state index is 12.6. The van der Waals surface area contributed by atoms with Crippen molar-refractivity contribution in [2.75, 3.05) is 19.5 Å². The molecule has 0 saturated carbocycles. The van der Waals surface area contributed by atoms with Crippen molar-refractivity contribution in [1.82, 2.24) is 9.78 Å². The van der Waals surface area contributed by atoms with E-state index in [1.54, 1.807) is 25.3 Å². The second kappa shape index (κ2) is 7.74. The minimum Gasteiger partial charge on any atom is -0.493 e. The van der Waals surface area contributed by atoms with E-state index in [4.69, 9.17) is 9.47 Å². The van der Waals surface area contributed by atoms with E-state index < -0.39 is 0 Å². The fourth-order valence-electron chi connectivity index (χ4n) is 2.69. The Morgan fingerprint density at radius 1 is 1.04 bits per heavy atom. The Morgan fingerprint density at radius 2 is 1.77 bits per heavy atom. The van der Waals surface area contributed by atoms with Gasteiger partial charge in [-0.2, -0.15) is 0 Å². The van der Waals surface area contributed by atoms with Crippen molar-refractivity contribution in [1.29, 1.82) is 0 Å². The molecule has 6 nitrogen and oxygen atoms in total. The third-order valence-electron chi connectivity index (χ3n) is 4.03. The summed E-state index contributed by atoms with van der Waals surface area (Å²) in [5.41, 5.74) is 2.43. The van der Waals surface area contributed by atoms with Gasteiger partial charge in [0.25, 0.3) is 5.91 Å². The number of hydrogen-bond donors (Lipinski definition) is 1. The molecule has 134 valence electrons. The van der Waals surface area contributed by atoms with Crippen LogP contribution in [0.4, 0.5) is 5.82 Å². The summed E-state index contributed by atoms with van der Waals surface area (Å²) in [6.07, 6.45) is 0.800. The van der Waals surface area contributed by atoms with Crippen molar-refractivity contribution in [3.8, 4) is 17.2 Å². The van der Waals surface area contributed by atoms with Gasteiger partial charge in [-0.15, -0.1) is 5.10 Å². The Morgan fingerprint density at radius 3 is 2.42 bits per heavy atom. The molecule has 0 bridgehead atoms. The highest BCUT2D eigenvalue weighted by molar-refractivity contribution is 6.04. The molecule has 0 radical (unpaired) electrons. The molecule has 26 heavy (non-hydrogen) atoms. The molecule has 6 heteroatoms. The van der Waals surface area contributed by atoms with E-state index in [-0.39, 0.29) is 5.91 Å². The lowest BCUT2D eigenvalue weighted by molar-refractivity contribution is 0.102. The van der Waals surface area contributed by atoms with Crippen LogP contribution in [-0.4, -0.2) is 29.9 Å². The molecule has 3 rings (SSSR count). The molecule has 1 N–H and O–H groups in total. The number of nitrogens with zero attached hydrogens (tertiary/aromatic N) is 2. The molecule has 0 unspecified atom stereocenters. The molecule has 1 amide bonds. The zero-order valence-electron chi connectivity index (χ0n) is 15.0.